The first-order valence-corrected chi connectivity index (χ1v) is 7.07. The zero-order valence-corrected chi connectivity index (χ0v) is 11.6. The molecule has 3 atom stereocenters. The fourth-order valence-corrected chi connectivity index (χ4v) is 3.31. The molecule has 2 fully saturated rings. The van der Waals surface area contributed by atoms with E-state index in [1.807, 2.05) is 0 Å². The van der Waals surface area contributed by atoms with Crippen LogP contribution in [0.3, 0.4) is 0 Å². The van der Waals surface area contributed by atoms with Crippen molar-refractivity contribution >= 4 is 11.8 Å². The molecule has 1 saturated heterocycles. The molecule has 2 amide bonds. The minimum Gasteiger partial charge on any atom is -0.302 e. The Morgan fingerprint density at radius 3 is 2.44 bits per heavy atom. The number of hydrogen-bond acceptors (Lipinski definition) is 3. The summed E-state index contributed by atoms with van der Waals surface area (Å²) in [5, 5.41) is 3.45. The van der Waals surface area contributed by atoms with Gasteiger partial charge in [-0.1, -0.05) is 26.7 Å². The fraction of sp³-hybridized carbons (Fsp3) is 0.857. The van der Waals surface area contributed by atoms with Crippen LogP contribution in [-0.4, -0.2) is 35.8 Å². The largest absolute Gasteiger partial charge is 0.302 e. The molecule has 4 heteroatoms. The van der Waals surface area contributed by atoms with E-state index in [4.69, 9.17) is 0 Å². The standard InChI is InChI=1S/C14H24N2O2/c1-9(2)10-6-4-5-7-11(10)15-12-8-13(17)16(3)14(12)18/h9-12,15H,4-8H2,1-3H3. The average Bonchev–Trinajstić information content (AvgIpc) is 2.57. The van der Waals surface area contributed by atoms with Gasteiger partial charge in [0.25, 0.3) is 0 Å². The Morgan fingerprint density at radius 2 is 1.89 bits per heavy atom. The molecule has 1 N–H and O–H groups in total. The number of rotatable bonds is 3. The van der Waals surface area contributed by atoms with Crippen LogP contribution in [-0.2, 0) is 9.59 Å². The Bertz CT molecular complexity index is 341. The zero-order chi connectivity index (χ0) is 13.3. The molecule has 0 spiro atoms. The monoisotopic (exact) mass is 252 g/mol. The summed E-state index contributed by atoms with van der Waals surface area (Å²) in [6.45, 7) is 4.50. The number of likely N-dealkylation sites (tertiary alicyclic amines) is 1. The molecule has 0 aromatic carbocycles. The van der Waals surface area contributed by atoms with Gasteiger partial charge < -0.3 is 5.32 Å². The summed E-state index contributed by atoms with van der Waals surface area (Å²) in [5.74, 6) is 1.14. The fourth-order valence-electron chi connectivity index (χ4n) is 3.31. The lowest BCUT2D eigenvalue weighted by molar-refractivity contribution is -0.137. The highest BCUT2D eigenvalue weighted by molar-refractivity contribution is 6.05. The molecule has 18 heavy (non-hydrogen) atoms. The van der Waals surface area contributed by atoms with E-state index < -0.39 is 0 Å². The highest BCUT2D eigenvalue weighted by Crippen LogP contribution is 2.31. The molecule has 2 rings (SSSR count). The summed E-state index contributed by atoms with van der Waals surface area (Å²) >= 11 is 0. The Labute approximate surface area is 109 Å². The van der Waals surface area contributed by atoms with Gasteiger partial charge in [0.2, 0.25) is 11.8 Å². The van der Waals surface area contributed by atoms with Crippen molar-refractivity contribution in [2.24, 2.45) is 11.8 Å². The average molecular weight is 252 g/mol. The van der Waals surface area contributed by atoms with E-state index in [0.717, 1.165) is 6.42 Å². The third kappa shape index (κ3) is 2.58. The molecule has 0 aromatic rings. The lowest BCUT2D eigenvalue weighted by Crippen LogP contribution is -2.48. The highest BCUT2D eigenvalue weighted by Gasteiger charge is 2.39. The van der Waals surface area contributed by atoms with Crippen LogP contribution in [0.5, 0.6) is 0 Å². The first-order valence-electron chi connectivity index (χ1n) is 7.07. The van der Waals surface area contributed by atoms with Gasteiger partial charge in [-0.15, -0.1) is 0 Å². The minimum atomic E-state index is -0.285. The Kier molecular flexibility index (Phi) is 4.05. The highest BCUT2D eigenvalue weighted by atomic mass is 16.2. The number of likely N-dealkylation sites (N-methyl/N-ethyl adjacent to an activating group) is 1. The zero-order valence-electron chi connectivity index (χ0n) is 11.6. The van der Waals surface area contributed by atoms with Gasteiger partial charge in [0.15, 0.2) is 0 Å². The molecule has 2 aliphatic rings. The number of nitrogens with zero attached hydrogens (tertiary/aromatic N) is 1. The van der Waals surface area contributed by atoms with E-state index >= 15 is 0 Å². The Hall–Kier alpha value is -0.900. The maximum Gasteiger partial charge on any atom is 0.246 e. The van der Waals surface area contributed by atoms with E-state index in [1.54, 1.807) is 7.05 Å². The van der Waals surface area contributed by atoms with Crippen molar-refractivity contribution in [3.63, 3.8) is 0 Å². The third-order valence-electron chi connectivity index (χ3n) is 4.47. The smallest absolute Gasteiger partial charge is 0.246 e. The number of imide groups is 1. The molecule has 1 heterocycles. The molecular formula is C14H24N2O2. The van der Waals surface area contributed by atoms with E-state index in [9.17, 15) is 9.59 Å². The van der Waals surface area contributed by atoms with Crippen LogP contribution in [0, 0.1) is 11.8 Å². The second-order valence-corrected chi connectivity index (χ2v) is 6.01. The predicted octanol–water partition coefficient (Wildman–Crippen LogP) is 1.55. The van der Waals surface area contributed by atoms with Gasteiger partial charge in [-0.05, 0) is 24.7 Å². The summed E-state index contributed by atoms with van der Waals surface area (Å²) in [6.07, 6.45) is 5.21. The third-order valence-corrected chi connectivity index (χ3v) is 4.47. The van der Waals surface area contributed by atoms with Gasteiger partial charge >= 0.3 is 0 Å². The van der Waals surface area contributed by atoms with Gasteiger partial charge in [-0.2, -0.15) is 0 Å². The van der Waals surface area contributed by atoms with E-state index in [2.05, 4.69) is 19.2 Å². The molecule has 0 radical (unpaired) electrons. The minimum absolute atomic E-state index is 0.0607. The molecule has 1 aliphatic heterocycles. The Morgan fingerprint density at radius 1 is 1.22 bits per heavy atom. The molecule has 1 aliphatic carbocycles. The number of amides is 2. The van der Waals surface area contributed by atoms with Crippen molar-refractivity contribution in [1.82, 2.24) is 10.2 Å². The number of hydrogen-bond donors (Lipinski definition) is 1. The van der Waals surface area contributed by atoms with Gasteiger partial charge in [0, 0.05) is 13.1 Å². The first-order chi connectivity index (χ1) is 8.50. The topological polar surface area (TPSA) is 49.4 Å². The molecular weight excluding hydrogens is 228 g/mol. The van der Waals surface area contributed by atoms with Crippen molar-refractivity contribution in [2.45, 2.75) is 58.0 Å². The molecule has 102 valence electrons. The van der Waals surface area contributed by atoms with Crippen LogP contribution < -0.4 is 5.32 Å². The summed E-state index contributed by atoms with van der Waals surface area (Å²) in [4.78, 5) is 24.7. The van der Waals surface area contributed by atoms with Gasteiger partial charge in [-0.25, -0.2) is 0 Å². The van der Waals surface area contributed by atoms with Crippen LogP contribution >= 0.6 is 0 Å². The maximum atomic E-state index is 11.9. The summed E-state index contributed by atoms with van der Waals surface area (Å²) in [5.41, 5.74) is 0. The normalized spacial score (nSPS) is 33.6. The van der Waals surface area contributed by atoms with Crippen molar-refractivity contribution < 1.29 is 9.59 Å². The van der Waals surface area contributed by atoms with Crippen LogP contribution in [0.25, 0.3) is 0 Å². The number of carbonyl (C=O) groups excluding carboxylic acids is 2. The maximum absolute atomic E-state index is 11.9. The van der Waals surface area contributed by atoms with E-state index in [-0.39, 0.29) is 17.9 Å². The van der Waals surface area contributed by atoms with Crippen LogP contribution in [0.15, 0.2) is 0 Å². The lowest BCUT2D eigenvalue weighted by atomic mass is 9.77. The van der Waals surface area contributed by atoms with Gasteiger partial charge in [0.05, 0.1) is 12.5 Å². The van der Waals surface area contributed by atoms with Crippen molar-refractivity contribution in [3.05, 3.63) is 0 Å². The molecule has 3 unspecified atom stereocenters. The quantitative estimate of drug-likeness (QED) is 0.775. The van der Waals surface area contributed by atoms with Gasteiger partial charge in [0.1, 0.15) is 0 Å². The molecule has 0 aromatic heterocycles. The number of nitrogens with one attached hydrogen (secondary N) is 1. The number of carbonyl (C=O) groups is 2. The summed E-state index contributed by atoms with van der Waals surface area (Å²) < 4.78 is 0. The van der Waals surface area contributed by atoms with E-state index in [1.165, 1.54) is 24.2 Å². The molecule has 4 nitrogen and oxygen atoms in total. The van der Waals surface area contributed by atoms with Crippen molar-refractivity contribution in [1.29, 1.82) is 0 Å². The van der Waals surface area contributed by atoms with E-state index in [0.29, 0.717) is 24.3 Å². The van der Waals surface area contributed by atoms with Crippen LogP contribution in [0.2, 0.25) is 0 Å². The second kappa shape index (κ2) is 5.39. The summed E-state index contributed by atoms with van der Waals surface area (Å²) in [7, 11) is 1.58. The van der Waals surface area contributed by atoms with Crippen LogP contribution in [0.4, 0.5) is 0 Å². The first kappa shape index (κ1) is 13.5. The molecule has 1 saturated carbocycles. The second-order valence-electron chi connectivity index (χ2n) is 6.01. The summed E-state index contributed by atoms with van der Waals surface area (Å²) in [6, 6.07) is 0.110. The molecule has 0 bridgehead atoms. The van der Waals surface area contributed by atoms with Gasteiger partial charge in [-0.3, -0.25) is 14.5 Å². The predicted molar refractivity (Wildman–Crippen MR) is 69.9 cm³/mol. The van der Waals surface area contributed by atoms with Crippen molar-refractivity contribution in [3.8, 4) is 0 Å². The van der Waals surface area contributed by atoms with Crippen LogP contribution in [0.1, 0.15) is 46.0 Å². The van der Waals surface area contributed by atoms with Crippen molar-refractivity contribution in [2.75, 3.05) is 7.05 Å². The SMILES string of the molecule is CC(C)C1CCCCC1NC1CC(=O)N(C)C1=O. The Balaban J connectivity index is 1.99. The lowest BCUT2D eigenvalue weighted by Gasteiger charge is -2.36.